The molecule has 3 N–H and O–H groups in total. The van der Waals surface area contributed by atoms with E-state index in [1.165, 1.54) is 327 Å². The Bertz CT molecular complexity index is 1310. The number of esters is 1. The quantitative estimate of drug-likeness (QED) is 0.0320. The van der Waals surface area contributed by atoms with Crippen LogP contribution in [-0.4, -0.2) is 47.4 Å². The molecule has 6 nitrogen and oxygen atoms in total. The van der Waals surface area contributed by atoms with Gasteiger partial charge in [-0.2, -0.15) is 0 Å². The molecule has 81 heavy (non-hydrogen) atoms. The molecule has 2 atom stereocenters. The average molecular weight is 1140 g/mol. The van der Waals surface area contributed by atoms with Crippen LogP contribution in [0.3, 0.4) is 0 Å². The van der Waals surface area contributed by atoms with Crippen LogP contribution in [0.15, 0.2) is 36.5 Å². The number of rotatable bonds is 69. The Kier molecular flexibility index (Phi) is 68.9. The predicted molar refractivity (Wildman–Crippen MR) is 356 cm³/mol. The summed E-state index contributed by atoms with van der Waals surface area (Å²) in [7, 11) is 0. The molecule has 0 saturated carbocycles. The summed E-state index contributed by atoms with van der Waals surface area (Å²) in [5.74, 6) is -0.0563. The summed E-state index contributed by atoms with van der Waals surface area (Å²) < 4.78 is 5.50. The average Bonchev–Trinajstić information content (AvgIpc) is 3.47. The first-order valence-electron chi connectivity index (χ1n) is 36.8. The Labute approximate surface area is 506 Å². The molecule has 6 heteroatoms. The van der Waals surface area contributed by atoms with Gasteiger partial charge in [-0.25, -0.2) is 0 Å². The van der Waals surface area contributed by atoms with Gasteiger partial charge in [0.15, 0.2) is 0 Å². The van der Waals surface area contributed by atoms with E-state index in [0.717, 1.165) is 51.4 Å². The van der Waals surface area contributed by atoms with Crippen molar-refractivity contribution in [1.29, 1.82) is 0 Å². The minimum Gasteiger partial charge on any atom is -0.466 e. The van der Waals surface area contributed by atoms with Crippen LogP contribution in [0.1, 0.15) is 406 Å². The SMILES string of the molecule is CCCCC/C=C\C/C=C\CCCCCCCCCC(=O)OCCCCCCCCCCCCCCCCCCCCCCCCCC(=O)NC(CO)C(O)/C=C/CCCCCCCCCCCCCCCCCCCCCCCC. The number of ether oxygens (including phenoxy) is 1. The van der Waals surface area contributed by atoms with Crippen molar-refractivity contribution in [2.45, 2.75) is 418 Å². The third-order valence-electron chi connectivity index (χ3n) is 17.2. The number of aliphatic hydroxyl groups is 2. The number of carbonyl (C=O) groups is 2. The molecule has 2 unspecified atom stereocenters. The van der Waals surface area contributed by atoms with Crippen LogP contribution in [0.2, 0.25) is 0 Å². The fourth-order valence-corrected chi connectivity index (χ4v) is 11.6. The summed E-state index contributed by atoms with van der Waals surface area (Å²) in [4.78, 5) is 24.6. The zero-order valence-electron chi connectivity index (χ0n) is 54.8. The first kappa shape index (κ1) is 79.1. The van der Waals surface area contributed by atoms with E-state index in [4.69, 9.17) is 4.74 Å². The van der Waals surface area contributed by atoms with E-state index < -0.39 is 12.1 Å². The maximum Gasteiger partial charge on any atom is 0.305 e. The van der Waals surface area contributed by atoms with E-state index in [1.54, 1.807) is 6.08 Å². The number of unbranched alkanes of at least 4 members (excludes halogenated alkanes) is 54. The van der Waals surface area contributed by atoms with Gasteiger partial charge in [-0.1, -0.05) is 365 Å². The van der Waals surface area contributed by atoms with Gasteiger partial charge in [0, 0.05) is 12.8 Å². The van der Waals surface area contributed by atoms with Crippen molar-refractivity contribution in [1.82, 2.24) is 5.32 Å². The van der Waals surface area contributed by atoms with Crippen molar-refractivity contribution in [3.8, 4) is 0 Å². The zero-order chi connectivity index (χ0) is 58.5. The molecule has 0 saturated heterocycles. The lowest BCUT2D eigenvalue weighted by Gasteiger charge is -2.20. The van der Waals surface area contributed by atoms with E-state index in [0.29, 0.717) is 19.4 Å². The topological polar surface area (TPSA) is 95.9 Å². The minimum atomic E-state index is -0.846. The highest BCUT2D eigenvalue weighted by atomic mass is 16.5. The molecule has 0 rings (SSSR count). The highest BCUT2D eigenvalue weighted by molar-refractivity contribution is 5.76. The summed E-state index contributed by atoms with van der Waals surface area (Å²) in [5.41, 5.74) is 0. The molecular weight excluding hydrogens is 995 g/mol. The summed E-state index contributed by atoms with van der Waals surface area (Å²) in [6.07, 6.45) is 90.8. The first-order chi connectivity index (χ1) is 40.0. The van der Waals surface area contributed by atoms with Crippen LogP contribution in [0.25, 0.3) is 0 Å². The van der Waals surface area contributed by atoms with Gasteiger partial charge in [-0.05, 0) is 64.2 Å². The van der Waals surface area contributed by atoms with Gasteiger partial charge < -0.3 is 20.3 Å². The van der Waals surface area contributed by atoms with E-state index >= 15 is 0 Å². The molecule has 478 valence electrons. The Morgan fingerprint density at radius 1 is 0.346 bits per heavy atom. The van der Waals surface area contributed by atoms with Crippen molar-refractivity contribution in [2.75, 3.05) is 13.2 Å². The Balaban J connectivity index is 3.40. The number of carbonyl (C=O) groups excluding carboxylic acids is 2. The van der Waals surface area contributed by atoms with Crippen molar-refractivity contribution in [3.63, 3.8) is 0 Å². The van der Waals surface area contributed by atoms with Crippen LogP contribution in [-0.2, 0) is 14.3 Å². The molecule has 0 spiro atoms. The number of aliphatic hydroxyl groups excluding tert-OH is 2. The lowest BCUT2D eigenvalue weighted by molar-refractivity contribution is -0.143. The number of hydrogen-bond acceptors (Lipinski definition) is 5. The highest BCUT2D eigenvalue weighted by Gasteiger charge is 2.18. The fourth-order valence-electron chi connectivity index (χ4n) is 11.6. The van der Waals surface area contributed by atoms with Gasteiger partial charge in [0.25, 0.3) is 0 Å². The molecule has 0 aliphatic heterocycles. The van der Waals surface area contributed by atoms with Crippen molar-refractivity contribution in [2.24, 2.45) is 0 Å². The summed E-state index contributed by atoms with van der Waals surface area (Å²) in [6, 6.07) is -0.629. The maximum atomic E-state index is 12.5. The summed E-state index contributed by atoms with van der Waals surface area (Å²) in [5, 5.41) is 23.3. The molecule has 0 heterocycles. The molecular formula is C75H143NO5. The molecule has 1 amide bonds. The molecule has 0 radical (unpaired) electrons. The first-order valence-corrected chi connectivity index (χ1v) is 36.8. The second-order valence-electron chi connectivity index (χ2n) is 25.3. The molecule has 0 aromatic rings. The van der Waals surface area contributed by atoms with Gasteiger partial charge in [0.2, 0.25) is 5.91 Å². The van der Waals surface area contributed by atoms with Gasteiger partial charge >= 0.3 is 5.97 Å². The minimum absolute atomic E-state index is 0.00688. The van der Waals surface area contributed by atoms with Gasteiger partial charge in [-0.15, -0.1) is 0 Å². The zero-order valence-corrected chi connectivity index (χ0v) is 54.8. The van der Waals surface area contributed by atoms with Crippen LogP contribution >= 0.6 is 0 Å². The largest absolute Gasteiger partial charge is 0.466 e. The van der Waals surface area contributed by atoms with Gasteiger partial charge in [0.1, 0.15) is 0 Å². The van der Waals surface area contributed by atoms with Crippen LogP contribution in [0.5, 0.6) is 0 Å². The molecule has 0 bridgehead atoms. The Morgan fingerprint density at radius 3 is 0.963 bits per heavy atom. The third kappa shape index (κ3) is 67.1. The molecule has 0 aliphatic carbocycles. The Morgan fingerprint density at radius 2 is 0.617 bits per heavy atom. The molecule has 0 aromatic heterocycles. The van der Waals surface area contributed by atoms with Crippen LogP contribution < -0.4 is 5.32 Å². The van der Waals surface area contributed by atoms with Crippen LogP contribution in [0, 0.1) is 0 Å². The number of amides is 1. The van der Waals surface area contributed by atoms with Gasteiger partial charge in [-0.3, -0.25) is 9.59 Å². The van der Waals surface area contributed by atoms with Crippen molar-refractivity contribution < 1.29 is 24.5 Å². The van der Waals surface area contributed by atoms with E-state index in [1.807, 2.05) is 6.08 Å². The van der Waals surface area contributed by atoms with Crippen LogP contribution in [0.4, 0.5) is 0 Å². The van der Waals surface area contributed by atoms with Crippen molar-refractivity contribution >= 4 is 11.9 Å². The van der Waals surface area contributed by atoms with E-state index in [-0.39, 0.29) is 18.5 Å². The summed E-state index contributed by atoms with van der Waals surface area (Å²) in [6.45, 7) is 4.91. The predicted octanol–water partition coefficient (Wildman–Crippen LogP) is 23.9. The molecule has 0 aliphatic rings. The molecule has 0 aromatic carbocycles. The Hall–Kier alpha value is -1.92. The molecule has 0 fully saturated rings. The maximum absolute atomic E-state index is 12.5. The lowest BCUT2D eigenvalue weighted by Crippen LogP contribution is -2.45. The third-order valence-corrected chi connectivity index (χ3v) is 17.2. The number of hydrogen-bond donors (Lipinski definition) is 3. The monoisotopic (exact) mass is 1140 g/mol. The smallest absolute Gasteiger partial charge is 0.305 e. The van der Waals surface area contributed by atoms with E-state index in [2.05, 4.69) is 43.5 Å². The standard InChI is InChI=1S/C75H143NO5/c1-3-5-7-9-11-13-15-17-19-21-22-23-24-26-29-32-36-39-43-47-51-55-59-63-67-73(78)72(71-77)76-74(79)68-64-60-56-52-48-44-40-37-33-30-27-25-28-31-34-38-42-46-50-54-58-62-66-70-81-75(80)69-65-61-57-53-49-45-41-35-20-18-16-14-12-10-8-6-4-2/h12,14,18,20,63,67,72-73,77-78H,3-11,13,15-17,19,21-62,64-66,68-71H2,1-2H3,(H,76,79)/b14-12-,20-18-,67-63+. The second kappa shape index (κ2) is 70.6. The normalized spacial score (nSPS) is 12.7. The summed E-state index contributed by atoms with van der Waals surface area (Å²) >= 11 is 0. The lowest BCUT2D eigenvalue weighted by atomic mass is 10.0. The number of allylic oxidation sites excluding steroid dienone is 5. The van der Waals surface area contributed by atoms with Crippen molar-refractivity contribution in [3.05, 3.63) is 36.5 Å². The second-order valence-corrected chi connectivity index (χ2v) is 25.3. The van der Waals surface area contributed by atoms with E-state index in [9.17, 15) is 19.8 Å². The fraction of sp³-hybridized carbons (Fsp3) is 0.893. The highest BCUT2D eigenvalue weighted by Crippen LogP contribution is 2.19. The number of nitrogens with one attached hydrogen (secondary N) is 1. The van der Waals surface area contributed by atoms with Gasteiger partial charge in [0.05, 0.1) is 25.4 Å².